The minimum absolute atomic E-state index is 0.134. The van der Waals surface area contributed by atoms with E-state index in [0.29, 0.717) is 5.90 Å². The van der Waals surface area contributed by atoms with Crippen LogP contribution in [0, 0.1) is 6.92 Å². The molecular weight excluding hydrogens is 234 g/mol. The maximum absolute atomic E-state index is 5.92. The summed E-state index contributed by atoms with van der Waals surface area (Å²) in [6.45, 7) is 5.91. The van der Waals surface area contributed by atoms with Crippen molar-refractivity contribution in [2.24, 2.45) is 4.99 Å². The van der Waals surface area contributed by atoms with Crippen LogP contribution in [-0.4, -0.2) is 5.90 Å². The van der Waals surface area contributed by atoms with Crippen molar-refractivity contribution in [2.45, 2.75) is 13.0 Å². The zero-order valence-electron chi connectivity index (χ0n) is 10.8. The van der Waals surface area contributed by atoms with Crippen LogP contribution in [0.2, 0.25) is 0 Å². The summed E-state index contributed by atoms with van der Waals surface area (Å²) in [5.41, 5.74) is 4.23. The van der Waals surface area contributed by atoms with Crippen molar-refractivity contribution in [1.29, 1.82) is 0 Å². The number of nitrogens with zero attached hydrogens (tertiary/aromatic N) is 1. The molecule has 3 rings (SSSR count). The van der Waals surface area contributed by atoms with E-state index in [1.54, 1.807) is 0 Å². The van der Waals surface area contributed by atoms with Crippen LogP contribution in [0.5, 0.6) is 0 Å². The fourth-order valence-electron chi connectivity index (χ4n) is 2.15. The highest BCUT2D eigenvalue weighted by atomic mass is 16.5. The van der Waals surface area contributed by atoms with Crippen LogP contribution in [0.4, 0.5) is 5.69 Å². The summed E-state index contributed by atoms with van der Waals surface area (Å²) < 4.78 is 5.92. The van der Waals surface area contributed by atoms with Gasteiger partial charge in [0.25, 0.3) is 0 Å². The van der Waals surface area contributed by atoms with Gasteiger partial charge >= 0.3 is 0 Å². The van der Waals surface area contributed by atoms with Crippen molar-refractivity contribution in [1.82, 2.24) is 0 Å². The van der Waals surface area contributed by atoms with Gasteiger partial charge in [-0.05, 0) is 31.2 Å². The van der Waals surface area contributed by atoms with Gasteiger partial charge in [0.05, 0.1) is 5.69 Å². The van der Waals surface area contributed by atoms with E-state index in [1.165, 1.54) is 5.56 Å². The maximum atomic E-state index is 5.92. The predicted octanol–water partition coefficient (Wildman–Crippen LogP) is 4.33. The molecule has 0 saturated carbocycles. The Labute approximate surface area is 113 Å². The Balaban J connectivity index is 2.07. The first-order valence-corrected chi connectivity index (χ1v) is 6.32. The summed E-state index contributed by atoms with van der Waals surface area (Å²) >= 11 is 0. The lowest BCUT2D eigenvalue weighted by Gasteiger charge is -2.23. The van der Waals surface area contributed by atoms with Crippen LogP contribution in [0.15, 0.2) is 66.2 Å². The Morgan fingerprint density at radius 2 is 1.84 bits per heavy atom. The normalized spacial score (nSPS) is 17.1. The number of ether oxygens (including phenoxy) is 1. The average Bonchev–Trinajstić information content (AvgIpc) is 2.47. The molecule has 2 heteroatoms. The van der Waals surface area contributed by atoms with Gasteiger partial charge in [0.1, 0.15) is 6.10 Å². The number of hydrogen-bond acceptors (Lipinski definition) is 2. The molecule has 94 valence electrons. The molecule has 0 bridgehead atoms. The van der Waals surface area contributed by atoms with E-state index in [-0.39, 0.29) is 6.10 Å². The highest BCUT2D eigenvalue weighted by Crippen LogP contribution is 2.34. The Kier molecular flexibility index (Phi) is 2.92. The highest BCUT2D eigenvalue weighted by Gasteiger charge is 2.21. The number of aryl methyl sites for hydroxylation is 1. The van der Waals surface area contributed by atoms with E-state index < -0.39 is 0 Å². The summed E-state index contributed by atoms with van der Waals surface area (Å²) in [6.07, 6.45) is 1.67. The molecule has 1 atom stereocenters. The van der Waals surface area contributed by atoms with Crippen LogP contribution in [-0.2, 0) is 4.74 Å². The predicted molar refractivity (Wildman–Crippen MR) is 77.8 cm³/mol. The monoisotopic (exact) mass is 249 g/mol. The molecule has 0 N–H and O–H groups in total. The molecule has 2 nitrogen and oxygen atoms in total. The van der Waals surface area contributed by atoms with E-state index >= 15 is 0 Å². The van der Waals surface area contributed by atoms with Crippen LogP contribution < -0.4 is 0 Å². The molecule has 0 aliphatic carbocycles. The molecule has 0 radical (unpaired) electrons. The standard InChI is InChI=1S/C17H15NO/c1-3-16-14-6-4-5-7-15(14)18-17(19-16)13-10-8-12(2)9-11-13/h3-11,16H,1H2,2H3/t16-/m1/s1. The van der Waals surface area contributed by atoms with Crippen LogP contribution in [0.25, 0.3) is 0 Å². The van der Waals surface area contributed by atoms with Gasteiger partial charge in [-0.2, -0.15) is 0 Å². The summed E-state index contributed by atoms with van der Waals surface area (Å²) in [5.74, 6) is 0.656. The molecular formula is C17H15NO. The molecule has 0 amide bonds. The van der Waals surface area contributed by atoms with Crippen molar-refractivity contribution < 1.29 is 4.74 Å². The Bertz CT molecular complexity index is 641. The number of aliphatic imine (C=N–C) groups is 1. The van der Waals surface area contributed by atoms with Crippen molar-refractivity contribution in [3.8, 4) is 0 Å². The zero-order chi connectivity index (χ0) is 13.2. The fraction of sp³-hybridized carbons (Fsp3) is 0.118. The van der Waals surface area contributed by atoms with Gasteiger partial charge in [0, 0.05) is 11.1 Å². The Morgan fingerprint density at radius 3 is 2.58 bits per heavy atom. The summed E-state index contributed by atoms with van der Waals surface area (Å²) in [4.78, 5) is 4.59. The number of rotatable bonds is 2. The van der Waals surface area contributed by atoms with E-state index in [4.69, 9.17) is 4.74 Å². The van der Waals surface area contributed by atoms with Crippen molar-refractivity contribution in [3.63, 3.8) is 0 Å². The molecule has 0 saturated heterocycles. The fourth-order valence-corrected chi connectivity index (χ4v) is 2.15. The third-order valence-corrected chi connectivity index (χ3v) is 3.22. The number of fused-ring (bicyclic) bond motifs is 1. The highest BCUT2D eigenvalue weighted by molar-refractivity contribution is 5.97. The molecule has 2 aromatic carbocycles. The van der Waals surface area contributed by atoms with Gasteiger partial charge in [0.2, 0.25) is 5.90 Å². The van der Waals surface area contributed by atoms with Gasteiger partial charge in [-0.15, -0.1) is 0 Å². The number of benzene rings is 2. The van der Waals surface area contributed by atoms with E-state index in [9.17, 15) is 0 Å². The lowest BCUT2D eigenvalue weighted by Crippen LogP contribution is -2.15. The summed E-state index contributed by atoms with van der Waals surface area (Å²) in [5, 5.41) is 0. The van der Waals surface area contributed by atoms with Crippen LogP contribution in [0.3, 0.4) is 0 Å². The molecule has 0 spiro atoms. The topological polar surface area (TPSA) is 21.6 Å². The van der Waals surface area contributed by atoms with Gasteiger partial charge in [0.15, 0.2) is 0 Å². The minimum Gasteiger partial charge on any atom is -0.465 e. The Hall–Kier alpha value is -2.35. The third kappa shape index (κ3) is 2.17. The smallest absolute Gasteiger partial charge is 0.222 e. The molecule has 2 aromatic rings. The van der Waals surface area contributed by atoms with Gasteiger partial charge in [-0.1, -0.05) is 42.5 Å². The average molecular weight is 249 g/mol. The summed E-state index contributed by atoms with van der Waals surface area (Å²) in [7, 11) is 0. The molecule has 0 fully saturated rings. The summed E-state index contributed by atoms with van der Waals surface area (Å²) in [6, 6.07) is 16.2. The molecule has 0 aromatic heterocycles. The number of hydrogen-bond donors (Lipinski definition) is 0. The minimum atomic E-state index is -0.134. The molecule has 1 aliphatic heterocycles. The second-order valence-electron chi connectivity index (χ2n) is 4.62. The van der Waals surface area contributed by atoms with E-state index in [0.717, 1.165) is 16.8 Å². The Morgan fingerprint density at radius 1 is 1.11 bits per heavy atom. The lowest BCUT2D eigenvalue weighted by atomic mass is 10.0. The number of para-hydroxylation sites is 1. The maximum Gasteiger partial charge on any atom is 0.222 e. The molecule has 1 heterocycles. The molecule has 19 heavy (non-hydrogen) atoms. The van der Waals surface area contributed by atoms with Gasteiger partial charge < -0.3 is 4.74 Å². The lowest BCUT2D eigenvalue weighted by molar-refractivity contribution is 0.238. The third-order valence-electron chi connectivity index (χ3n) is 3.22. The largest absolute Gasteiger partial charge is 0.465 e. The van der Waals surface area contributed by atoms with Gasteiger partial charge in [-0.3, -0.25) is 0 Å². The van der Waals surface area contributed by atoms with Crippen LogP contribution >= 0.6 is 0 Å². The first-order valence-electron chi connectivity index (χ1n) is 6.32. The zero-order valence-corrected chi connectivity index (χ0v) is 10.8. The SMILES string of the molecule is C=C[C@H]1OC(c2ccc(C)cc2)=Nc2ccccc21. The van der Waals surface area contributed by atoms with E-state index in [1.807, 2.05) is 42.5 Å². The van der Waals surface area contributed by atoms with Crippen LogP contribution in [0.1, 0.15) is 22.8 Å². The molecule has 0 unspecified atom stereocenters. The first kappa shape index (κ1) is 11.7. The van der Waals surface area contributed by atoms with Gasteiger partial charge in [-0.25, -0.2) is 4.99 Å². The first-order chi connectivity index (χ1) is 9.28. The quantitative estimate of drug-likeness (QED) is 0.726. The van der Waals surface area contributed by atoms with Crippen molar-refractivity contribution >= 4 is 11.6 Å². The second-order valence-corrected chi connectivity index (χ2v) is 4.62. The van der Waals surface area contributed by atoms with Crippen molar-refractivity contribution in [2.75, 3.05) is 0 Å². The van der Waals surface area contributed by atoms with E-state index in [2.05, 4.69) is 30.6 Å². The molecule has 1 aliphatic rings. The second kappa shape index (κ2) is 4.73. The van der Waals surface area contributed by atoms with Crippen molar-refractivity contribution in [3.05, 3.63) is 77.9 Å².